The zero-order chi connectivity index (χ0) is 13.4. The predicted molar refractivity (Wildman–Crippen MR) is 68.9 cm³/mol. The highest BCUT2D eigenvalue weighted by atomic mass is 16.4. The number of carbonyl (C=O) groups is 1. The van der Waals surface area contributed by atoms with Gasteiger partial charge in [0.05, 0.1) is 17.7 Å². The maximum atomic E-state index is 11.0. The summed E-state index contributed by atoms with van der Waals surface area (Å²) in [5.41, 5.74) is 2.60. The molecule has 0 saturated heterocycles. The lowest BCUT2D eigenvalue weighted by atomic mass is 10.0. The topological polar surface area (TPSA) is 68.3 Å². The lowest BCUT2D eigenvalue weighted by Crippen LogP contribution is -2.11. The third-order valence-electron chi connectivity index (χ3n) is 3.47. The number of rotatable bonds is 3. The largest absolute Gasteiger partial charge is 0.481 e. The van der Waals surface area contributed by atoms with Gasteiger partial charge in [0, 0.05) is 12.2 Å². The van der Waals surface area contributed by atoms with Crippen LogP contribution in [0.15, 0.2) is 16.5 Å². The highest BCUT2D eigenvalue weighted by Crippen LogP contribution is 2.32. The number of aromatic nitrogens is 2. The molecule has 5 nitrogen and oxygen atoms in total. The average Bonchev–Trinajstić information content (AvgIpc) is 2.91. The van der Waals surface area contributed by atoms with E-state index >= 15 is 0 Å². The standard InChI is InChI=1S/C14H16N2O3/c1-9-5-6-12(19-9)14-10(8-13(17)18)15-16-7-3-2-4-11(14)16/h5-6H,2-4,7-8H2,1H3,(H,17,18). The molecule has 0 fully saturated rings. The summed E-state index contributed by atoms with van der Waals surface area (Å²) in [7, 11) is 0. The van der Waals surface area contributed by atoms with Crippen LogP contribution in [0, 0.1) is 6.92 Å². The molecular weight excluding hydrogens is 244 g/mol. The van der Waals surface area contributed by atoms with Gasteiger partial charge >= 0.3 is 5.97 Å². The van der Waals surface area contributed by atoms with Crippen molar-refractivity contribution in [2.45, 2.75) is 39.2 Å². The van der Waals surface area contributed by atoms with Gasteiger partial charge in [-0.3, -0.25) is 9.48 Å². The fraction of sp³-hybridized carbons (Fsp3) is 0.429. The first-order chi connectivity index (χ1) is 9.15. The van der Waals surface area contributed by atoms with Crippen molar-refractivity contribution in [3.8, 4) is 11.3 Å². The van der Waals surface area contributed by atoms with E-state index in [1.54, 1.807) is 0 Å². The van der Waals surface area contributed by atoms with Crippen LogP contribution in [0.4, 0.5) is 0 Å². The number of aliphatic carboxylic acids is 1. The number of carboxylic acids is 1. The Hall–Kier alpha value is -2.04. The molecule has 0 atom stereocenters. The molecule has 2 aromatic rings. The molecule has 1 N–H and O–H groups in total. The third kappa shape index (κ3) is 2.16. The van der Waals surface area contributed by atoms with Crippen LogP contribution < -0.4 is 0 Å². The van der Waals surface area contributed by atoms with E-state index in [9.17, 15) is 4.79 Å². The van der Waals surface area contributed by atoms with E-state index in [0.29, 0.717) is 5.69 Å². The minimum absolute atomic E-state index is 0.0604. The molecule has 0 aromatic carbocycles. The normalized spacial score (nSPS) is 14.4. The molecule has 1 aliphatic heterocycles. The van der Waals surface area contributed by atoms with Crippen molar-refractivity contribution in [2.24, 2.45) is 0 Å². The Morgan fingerprint density at radius 2 is 2.32 bits per heavy atom. The molecule has 0 saturated carbocycles. The van der Waals surface area contributed by atoms with Crippen molar-refractivity contribution in [2.75, 3.05) is 0 Å². The summed E-state index contributed by atoms with van der Waals surface area (Å²) in [5, 5.41) is 13.5. The van der Waals surface area contributed by atoms with E-state index in [-0.39, 0.29) is 6.42 Å². The molecule has 0 aliphatic carbocycles. The van der Waals surface area contributed by atoms with E-state index in [0.717, 1.165) is 48.6 Å². The molecule has 3 rings (SSSR count). The number of hydrogen-bond donors (Lipinski definition) is 1. The maximum Gasteiger partial charge on any atom is 0.309 e. The third-order valence-corrected chi connectivity index (χ3v) is 3.47. The Kier molecular flexibility index (Phi) is 2.89. The minimum Gasteiger partial charge on any atom is -0.481 e. The molecule has 0 spiro atoms. The molecule has 3 heterocycles. The second kappa shape index (κ2) is 4.57. The predicted octanol–water partition coefficient (Wildman–Crippen LogP) is 2.41. The van der Waals surface area contributed by atoms with Crippen molar-refractivity contribution in [3.63, 3.8) is 0 Å². The molecule has 100 valence electrons. The monoisotopic (exact) mass is 260 g/mol. The SMILES string of the molecule is Cc1ccc(-c2c(CC(=O)O)nn3c2CCCC3)o1. The van der Waals surface area contributed by atoms with Gasteiger partial charge in [-0.2, -0.15) is 5.10 Å². The number of nitrogens with zero attached hydrogens (tertiary/aromatic N) is 2. The smallest absolute Gasteiger partial charge is 0.309 e. The van der Waals surface area contributed by atoms with E-state index in [2.05, 4.69) is 5.10 Å². The molecule has 5 heteroatoms. The van der Waals surface area contributed by atoms with Gasteiger partial charge in [-0.05, 0) is 38.3 Å². The Morgan fingerprint density at radius 3 is 3.00 bits per heavy atom. The van der Waals surface area contributed by atoms with Crippen LogP contribution >= 0.6 is 0 Å². The lowest BCUT2D eigenvalue weighted by molar-refractivity contribution is -0.136. The van der Waals surface area contributed by atoms with Gasteiger partial charge in [0.2, 0.25) is 0 Å². The molecule has 0 bridgehead atoms. The average molecular weight is 260 g/mol. The van der Waals surface area contributed by atoms with Crippen molar-refractivity contribution in [3.05, 3.63) is 29.3 Å². The maximum absolute atomic E-state index is 11.0. The zero-order valence-electron chi connectivity index (χ0n) is 10.8. The minimum atomic E-state index is -0.861. The molecule has 19 heavy (non-hydrogen) atoms. The number of fused-ring (bicyclic) bond motifs is 1. The van der Waals surface area contributed by atoms with Gasteiger partial charge in [0.15, 0.2) is 0 Å². The van der Waals surface area contributed by atoms with Crippen molar-refractivity contribution < 1.29 is 14.3 Å². The number of hydrogen-bond acceptors (Lipinski definition) is 3. The fourth-order valence-electron chi connectivity index (χ4n) is 2.67. The number of furan rings is 1. The molecule has 2 aromatic heterocycles. The number of aryl methyl sites for hydroxylation is 2. The molecule has 0 unspecified atom stereocenters. The van der Waals surface area contributed by atoms with Crippen molar-refractivity contribution in [1.29, 1.82) is 0 Å². The van der Waals surface area contributed by atoms with Crippen LogP contribution in [-0.2, 0) is 24.2 Å². The van der Waals surface area contributed by atoms with Crippen LogP contribution in [0.1, 0.15) is 30.0 Å². The van der Waals surface area contributed by atoms with Gasteiger partial charge < -0.3 is 9.52 Å². The van der Waals surface area contributed by atoms with E-state index in [4.69, 9.17) is 9.52 Å². The first kappa shape index (κ1) is 12.0. The summed E-state index contributed by atoms with van der Waals surface area (Å²) in [4.78, 5) is 11.0. The van der Waals surface area contributed by atoms with Gasteiger partial charge in [0.1, 0.15) is 11.5 Å². The second-order valence-electron chi connectivity index (χ2n) is 4.93. The summed E-state index contributed by atoms with van der Waals surface area (Å²) in [6.07, 6.45) is 3.08. The summed E-state index contributed by atoms with van der Waals surface area (Å²) < 4.78 is 7.61. The van der Waals surface area contributed by atoms with Crippen LogP contribution in [0.2, 0.25) is 0 Å². The highest BCUT2D eigenvalue weighted by molar-refractivity contribution is 5.75. The van der Waals surface area contributed by atoms with Crippen molar-refractivity contribution >= 4 is 5.97 Å². The molecule has 1 aliphatic rings. The molecular formula is C14H16N2O3. The Balaban J connectivity index is 2.13. The Labute approximate surface area is 110 Å². The zero-order valence-corrected chi connectivity index (χ0v) is 10.8. The van der Waals surface area contributed by atoms with Gasteiger partial charge in [-0.25, -0.2) is 0 Å². The van der Waals surface area contributed by atoms with E-state index in [1.807, 2.05) is 23.7 Å². The Bertz CT molecular complexity index is 625. The quantitative estimate of drug-likeness (QED) is 0.920. The van der Waals surface area contributed by atoms with E-state index < -0.39 is 5.97 Å². The molecule has 0 radical (unpaired) electrons. The molecule has 0 amide bonds. The van der Waals surface area contributed by atoms with Gasteiger partial charge in [-0.15, -0.1) is 0 Å². The first-order valence-electron chi connectivity index (χ1n) is 6.52. The Morgan fingerprint density at radius 1 is 1.47 bits per heavy atom. The van der Waals surface area contributed by atoms with E-state index in [1.165, 1.54) is 0 Å². The van der Waals surface area contributed by atoms with Gasteiger partial charge in [0.25, 0.3) is 0 Å². The summed E-state index contributed by atoms with van der Waals surface area (Å²) in [6.45, 7) is 2.75. The van der Waals surface area contributed by atoms with Gasteiger partial charge in [-0.1, -0.05) is 0 Å². The lowest BCUT2D eigenvalue weighted by Gasteiger charge is -2.13. The summed E-state index contributed by atoms with van der Waals surface area (Å²) in [6, 6.07) is 3.79. The van der Waals surface area contributed by atoms with Crippen molar-refractivity contribution in [1.82, 2.24) is 9.78 Å². The summed E-state index contributed by atoms with van der Waals surface area (Å²) in [5.74, 6) is 0.698. The van der Waals surface area contributed by atoms with Crippen LogP contribution in [0.25, 0.3) is 11.3 Å². The first-order valence-corrected chi connectivity index (χ1v) is 6.52. The van der Waals surface area contributed by atoms with Crippen LogP contribution in [0.3, 0.4) is 0 Å². The van der Waals surface area contributed by atoms with Crippen LogP contribution in [-0.4, -0.2) is 20.9 Å². The van der Waals surface area contributed by atoms with Crippen LogP contribution in [0.5, 0.6) is 0 Å². The second-order valence-corrected chi connectivity index (χ2v) is 4.93. The highest BCUT2D eigenvalue weighted by Gasteiger charge is 2.24. The fourth-order valence-corrected chi connectivity index (χ4v) is 2.67. The summed E-state index contributed by atoms with van der Waals surface area (Å²) >= 11 is 0. The number of carboxylic acid groups (broad SMARTS) is 1.